The van der Waals surface area contributed by atoms with Crippen LogP contribution in [-0.4, -0.2) is 34.2 Å². The van der Waals surface area contributed by atoms with Crippen LogP contribution in [0.2, 0.25) is 0 Å². The zero-order valence-electron chi connectivity index (χ0n) is 21.0. The van der Waals surface area contributed by atoms with Gasteiger partial charge in [0.1, 0.15) is 23.3 Å². The topological polar surface area (TPSA) is 157 Å². The molecule has 11 heteroatoms. The second kappa shape index (κ2) is 10.00. The lowest BCUT2D eigenvalue weighted by atomic mass is 10.0. The molecule has 10 nitrogen and oxygen atoms in total. The molecule has 0 bridgehead atoms. The van der Waals surface area contributed by atoms with Gasteiger partial charge in [0.2, 0.25) is 5.95 Å². The van der Waals surface area contributed by atoms with E-state index in [1.165, 1.54) is 22.9 Å². The molecule has 0 saturated carbocycles. The van der Waals surface area contributed by atoms with Crippen molar-refractivity contribution >= 4 is 32.5 Å². The van der Waals surface area contributed by atoms with E-state index >= 15 is 0 Å². The fourth-order valence-electron chi connectivity index (χ4n) is 4.34. The van der Waals surface area contributed by atoms with Crippen LogP contribution in [-0.2, 0) is 9.84 Å². The van der Waals surface area contributed by atoms with Crippen molar-refractivity contribution in [3.63, 3.8) is 0 Å². The molecule has 0 aliphatic carbocycles. The molecule has 0 aliphatic heterocycles. The van der Waals surface area contributed by atoms with Crippen molar-refractivity contribution in [2.75, 3.05) is 17.3 Å². The Kier molecular flexibility index (Phi) is 6.55. The van der Waals surface area contributed by atoms with E-state index in [4.69, 9.17) is 10.7 Å². The Balaban J connectivity index is 1.72. The summed E-state index contributed by atoms with van der Waals surface area (Å²) in [5, 5.41) is 13.0. The first-order valence-corrected chi connectivity index (χ1v) is 13.8. The summed E-state index contributed by atoms with van der Waals surface area (Å²) in [6.45, 7) is 1.81. The van der Waals surface area contributed by atoms with Gasteiger partial charge in [-0.1, -0.05) is 42.5 Å². The number of nitrogens with two attached hydrogens (primary N) is 1. The summed E-state index contributed by atoms with van der Waals surface area (Å²) in [6, 6.07) is 22.3. The highest BCUT2D eigenvalue weighted by Gasteiger charge is 2.21. The third-order valence-corrected chi connectivity index (χ3v) is 7.33. The Morgan fingerprint density at radius 1 is 1.00 bits per heavy atom. The lowest BCUT2D eigenvalue weighted by Crippen LogP contribution is -2.28. The van der Waals surface area contributed by atoms with Crippen LogP contribution in [0, 0.1) is 11.3 Å². The fraction of sp³-hybridized carbons (Fsp3) is 0.107. The van der Waals surface area contributed by atoms with E-state index in [1.54, 1.807) is 49.4 Å². The Labute approximate surface area is 224 Å². The van der Waals surface area contributed by atoms with Crippen LogP contribution < -0.4 is 16.6 Å². The summed E-state index contributed by atoms with van der Waals surface area (Å²) >= 11 is 0. The highest BCUT2D eigenvalue weighted by Crippen LogP contribution is 2.29. The van der Waals surface area contributed by atoms with Crippen molar-refractivity contribution < 1.29 is 8.42 Å². The molecule has 194 valence electrons. The lowest BCUT2D eigenvalue weighted by molar-refractivity contribution is 0.602. The number of hydrogen-bond donors (Lipinski definition) is 2. The summed E-state index contributed by atoms with van der Waals surface area (Å²) < 4.78 is 25.4. The second-order valence-electron chi connectivity index (χ2n) is 8.91. The van der Waals surface area contributed by atoms with E-state index in [-0.39, 0.29) is 27.8 Å². The maximum absolute atomic E-state index is 14.2. The van der Waals surface area contributed by atoms with Crippen LogP contribution in [0.4, 0.5) is 11.8 Å². The average molecular weight is 538 g/mol. The first-order chi connectivity index (χ1) is 18.7. The molecule has 0 amide bonds. The molecule has 0 saturated heterocycles. The number of anilines is 2. The normalized spacial score (nSPS) is 12.1. The van der Waals surface area contributed by atoms with Gasteiger partial charge in [-0.25, -0.2) is 18.4 Å². The van der Waals surface area contributed by atoms with E-state index in [0.717, 1.165) is 6.26 Å². The van der Waals surface area contributed by atoms with Gasteiger partial charge >= 0.3 is 0 Å². The minimum atomic E-state index is -3.37. The third kappa shape index (κ3) is 4.93. The number of benzene rings is 3. The van der Waals surface area contributed by atoms with E-state index in [2.05, 4.69) is 15.3 Å². The Morgan fingerprint density at radius 3 is 2.38 bits per heavy atom. The second-order valence-corrected chi connectivity index (χ2v) is 10.9. The summed E-state index contributed by atoms with van der Waals surface area (Å²) in [7, 11) is -3.37. The van der Waals surface area contributed by atoms with E-state index < -0.39 is 15.9 Å². The number of fused-ring (bicyclic) bond motifs is 1. The van der Waals surface area contributed by atoms with Gasteiger partial charge in [0.15, 0.2) is 9.84 Å². The minimum Gasteiger partial charge on any atom is -0.368 e. The van der Waals surface area contributed by atoms with E-state index in [0.29, 0.717) is 33.5 Å². The summed E-state index contributed by atoms with van der Waals surface area (Å²) in [5.41, 5.74) is 8.01. The summed E-state index contributed by atoms with van der Waals surface area (Å²) in [4.78, 5) is 27.3. The largest absolute Gasteiger partial charge is 0.368 e. The number of nitrogen functional groups attached to an aromatic ring is 1. The number of rotatable bonds is 6. The molecule has 3 aromatic carbocycles. The molecule has 5 rings (SSSR count). The van der Waals surface area contributed by atoms with Gasteiger partial charge in [0, 0.05) is 6.26 Å². The number of sulfone groups is 1. The third-order valence-electron chi connectivity index (χ3n) is 6.20. The molecule has 5 aromatic rings. The number of aromatic nitrogens is 4. The molecule has 2 aromatic heterocycles. The maximum atomic E-state index is 14.2. The molecule has 1 atom stereocenters. The average Bonchev–Trinajstić information content (AvgIpc) is 2.93. The van der Waals surface area contributed by atoms with Crippen molar-refractivity contribution in [3.05, 3.63) is 101 Å². The fourth-order valence-corrected chi connectivity index (χ4v) is 4.97. The SMILES string of the molecule is CC(Nc1nc(N)ncc1C#N)c1nc2cccc(-c3ccc(S(C)(=O)=O)cc3)c2c(=O)n1-c1ccccc1. The van der Waals surface area contributed by atoms with Gasteiger partial charge in [0.25, 0.3) is 5.56 Å². The first-order valence-electron chi connectivity index (χ1n) is 11.9. The highest BCUT2D eigenvalue weighted by atomic mass is 32.2. The van der Waals surface area contributed by atoms with Gasteiger partial charge in [-0.05, 0) is 48.4 Å². The predicted molar refractivity (Wildman–Crippen MR) is 149 cm³/mol. The molecular formula is C28H23N7O3S. The molecule has 0 aliphatic rings. The number of nitrogens with one attached hydrogen (secondary N) is 1. The quantitative estimate of drug-likeness (QED) is 0.328. The molecule has 0 fully saturated rings. The molecule has 1 unspecified atom stereocenters. The number of nitriles is 1. The first kappa shape index (κ1) is 25.6. The van der Waals surface area contributed by atoms with Crippen molar-refractivity contribution in [2.45, 2.75) is 17.9 Å². The molecule has 2 heterocycles. The lowest BCUT2D eigenvalue weighted by Gasteiger charge is -2.21. The summed E-state index contributed by atoms with van der Waals surface area (Å²) in [5.74, 6) is 0.623. The van der Waals surface area contributed by atoms with Crippen LogP contribution in [0.15, 0.2) is 88.7 Å². The monoisotopic (exact) mass is 537 g/mol. The Morgan fingerprint density at radius 2 is 1.72 bits per heavy atom. The zero-order valence-corrected chi connectivity index (χ0v) is 21.8. The summed E-state index contributed by atoms with van der Waals surface area (Å²) in [6.07, 6.45) is 2.48. The smallest absolute Gasteiger partial charge is 0.266 e. The standard InChI is InChI=1S/C28H23N7O3S/c1-17(32-25-19(15-29)16-31-28(30)34-25)26-33-23-10-6-9-22(18-11-13-21(14-12-18)39(2,37)38)24(23)27(36)35(26)20-7-4-3-5-8-20/h3-14,16-17H,1-2H3,(H3,30,31,32,34). The molecule has 39 heavy (non-hydrogen) atoms. The van der Waals surface area contributed by atoms with Gasteiger partial charge < -0.3 is 11.1 Å². The Bertz CT molecular complexity index is 1910. The van der Waals surface area contributed by atoms with Crippen LogP contribution in [0.1, 0.15) is 24.4 Å². The molecule has 0 radical (unpaired) electrons. The van der Waals surface area contributed by atoms with Crippen LogP contribution >= 0.6 is 0 Å². The van der Waals surface area contributed by atoms with Gasteiger partial charge in [0.05, 0.1) is 33.7 Å². The number of para-hydroxylation sites is 1. The van der Waals surface area contributed by atoms with Gasteiger partial charge in [-0.15, -0.1) is 0 Å². The van der Waals surface area contributed by atoms with Crippen LogP contribution in [0.25, 0.3) is 27.7 Å². The molecule has 0 spiro atoms. The van der Waals surface area contributed by atoms with Crippen molar-refractivity contribution in [1.29, 1.82) is 5.26 Å². The molecule has 3 N–H and O–H groups in total. The maximum Gasteiger partial charge on any atom is 0.266 e. The van der Waals surface area contributed by atoms with Crippen LogP contribution in [0.5, 0.6) is 0 Å². The number of nitrogens with zero attached hydrogens (tertiary/aromatic N) is 5. The number of hydrogen-bond acceptors (Lipinski definition) is 9. The van der Waals surface area contributed by atoms with Gasteiger partial charge in [-0.2, -0.15) is 10.2 Å². The predicted octanol–water partition coefficient (Wildman–Crippen LogP) is 3.87. The Hall–Kier alpha value is -5.08. The molecular weight excluding hydrogens is 514 g/mol. The van der Waals surface area contributed by atoms with Crippen LogP contribution in [0.3, 0.4) is 0 Å². The zero-order chi connectivity index (χ0) is 27.7. The van der Waals surface area contributed by atoms with Gasteiger partial charge in [-0.3, -0.25) is 9.36 Å². The minimum absolute atomic E-state index is 0.00199. The van der Waals surface area contributed by atoms with Crippen molar-refractivity contribution in [1.82, 2.24) is 19.5 Å². The highest BCUT2D eigenvalue weighted by molar-refractivity contribution is 7.90. The van der Waals surface area contributed by atoms with Crippen molar-refractivity contribution in [2.24, 2.45) is 0 Å². The van der Waals surface area contributed by atoms with E-state index in [1.807, 2.05) is 24.3 Å². The van der Waals surface area contributed by atoms with E-state index in [9.17, 15) is 18.5 Å². The van der Waals surface area contributed by atoms with Crippen molar-refractivity contribution in [3.8, 4) is 22.9 Å².